The number of thiophene rings is 2. The molecule has 4 rings (SSSR count). The molecule has 3 heterocycles. The Hall–Kier alpha value is -3.26. The quantitative estimate of drug-likeness (QED) is 0.123. The van der Waals surface area contributed by atoms with Crippen LogP contribution in [-0.4, -0.2) is 35.6 Å². The second-order valence-electron chi connectivity index (χ2n) is 8.77. The zero-order valence-electron chi connectivity index (χ0n) is 21.4. The van der Waals surface area contributed by atoms with Gasteiger partial charge >= 0.3 is 0 Å². The second kappa shape index (κ2) is 11.6. The van der Waals surface area contributed by atoms with Gasteiger partial charge in [-0.3, -0.25) is 10.4 Å². The fourth-order valence-electron chi connectivity index (χ4n) is 3.95. The normalized spacial score (nSPS) is 11.6. The van der Waals surface area contributed by atoms with Crippen LogP contribution < -0.4 is 10.7 Å². The van der Waals surface area contributed by atoms with Gasteiger partial charge in [0.2, 0.25) is 0 Å². The van der Waals surface area contributed by atoms with E-state index in [4.69, 9.17) is 9.97 Å². The molecular weight excluding hydrogens is 482 g/mol. The molecule has 0 atom stereocenters. The van der Waals surface area contributed by atoms with Crippen LogP contribution in [-0.2, 0) is 6.42 Å². The van der Waals surface area contributed by atoms with Crippen molar-refractivity contribution in [1.82, 2.24) is 20.3 Å². The molecule has 36 heavy (non-hydrogen) atoms. The van der Waals surface area contributed by atoms with Crippen LogP contribution in [0.2, 0.25) is 0 Å². The molecule has 0 fully saturated rings. The summed E-state index contributed by atoms with van der Waals surface area (Å²) in [7, 11) is 3.94. The van der Waals surface area contributed by atoms with E-state index in [1.807, 2.05) is 44.2 Å². The average molecular weight is 516 g/mol. The molecule has 1 aromatic carbocycles. The van der Waals surface area contributed by atoms with Crippen molar-refractivity contribution in [3.8, 4) is 21.1 Å². The average Bonchev–Trinajstić information content (AvgIpc) is 3.53. The molecule has 0 amide bonds. The molecule has 0 bridgehead atoms. The van der Waals surface area contributed by atoms with Gasteiger partial charge in [-0.15, -0.1) is 22.7 Å². The van der Waals surface area contributed by atoms with Crippen LogP contribution >= 0.6 is 22.7 Å². The van der Waals surface area contributed by atoms with Gasteiger partial charge in [-0.05, 0) is 80.1 Å². The lowest BCUT2D eigenvalue weighted by molar-refractivity contribution is 0.519. The maximum atomic E-state index is 4.97. The number of fused-ring (bicyclic) bond motifs is 1. The minimum atomic E-state index is 0.726. The number of aromatic nitrogens is 2. The highest BCUT2D eigenvalue weighted by molar-refractivity contribution is 7.22. The third-order valence-electron chi connectivity index (χ3n) is 6.06. The highest BCUT2D eigenvalue weighted by atomic mass is 32.1. The van der Waals surface area contributed by atoms with Crippen LogP contribution in [0, 0.1) is 6.92 Å². The van der Waals surface area contributed by atoms with E-state index in [2.05, 4.69) is 66.5 Å². The van der Waals surface area contributed by atoms with Crippen molar-refractivity contribution in [2.45, 2.75) is 26.7 Å². The molecule has 0 saturated carbocycles. The minimum absolute atomic E-state index is 0.726. The summed E-state index contributed by atoms with van der Waals surface area (Å²) >= 11 is 3.36. The Morgan fingerprint density at radius 2 is 1.94 bits per heavy atom. The molecule has 2 N–H and O–H groups in total. The number of hydrazine groups is 1. The van der Waals surface area contributed by atoms with E-state index < -0.39 is 0 Å². The number of nitrogens with one attached hydrogen (secondary N) is 2. The molecule has 4 aromatic rings. The van der Waals surface area contributed by atoms with Crippen LogP contribution in [0.4, 0.5) is 5.82 Å². The van der Waals surface area contributed by atoms with E-state index in [0.29, 0.717) is 0 Å². The largest absolute Gasteiger partial charge is 0.320 e. The summed E-state index contributed by atoms with van der Waals surface area (Å²) in [6, 6.07) is 13.0. The van der Waals surface area contributed by atoms with E-state index in [0.717, 1.165) is 57.4 Å². The van der Waals surface area contributed by atoms with Gasteiger partial charge in [-0.25, -0.2) is 9.97 Å². The highest BCUT2D eigenvalue weighted by Crippen LogP contribution is 2.41. The number of rotatable bonds is 11. The number of nitrogens with zero attached hydrogens (tertiary/aromatic N) is 3. The summed E-state index contributed by atoms with van der Waals surface area (Å²) in [5.74, 6) is 1.50. The smallest absolute Gasteiger partial charge is 0.173 e. The number of hydrogen-bond acceptors (Lipinski definition) is 7. The Morgan fingerprint density at radius 3 is 2.61 bits per heavy atom. The lowest BCUT2D eigenvalue weighted by Crippen LogP contribution is -2.24. The predicted octanol–water partition coefficient (Wildman–Crippen LogP) is 7.45. The van der Waals surface area contributed by atoms with Gasteiger partial charge < -0.3 is 5.32 Å². The number of aryl methyl sites for hydroxylation is 2. The first kappa shape index (κ1) is 25.8. The molecular formula is C29H33N5S2. The molecule has 7 heteroatoms. The van der Waals surface area contributed by atoms with E-state index in [9.17, 15) is 0 Å². The van der Waals surface area contributed by atoms with Crippen molar-refractivity contribution in [2.75, 3.05) is 26.1 Å². The van der Waals surface area contributed by atoms with Crippen LogP contribution in [0.15, 0.2) is 78.4 Å². The van der Waals surface area contributed by atoms with E-state index in [1.165, 1.54) is 21.6 Å². The molecule has 0 aliphatic carbocycles. The van der Waals surface area contributed by atoms with Gasteiger partial charge in [0, 0.05) is 17.6 Å². The van der Waals surface area contributed by atoms with Gasteiger partial charge in [0.15, 0.2) is 11.6 Å². The number of hydrogen-bond donors (Lipinski definition) is 2. The fraction of sp³-hybridized carbons (Fsp3) is 0.241. The third-order valence-corrected chi connectivity index (χ3v) is 8.16. The van der Waals surface area contributed by atoms with Crippen LogP contribution in [0.1, 0.15) is 24.5 Å². The summed E-state index contributed by atoms with van der Waals surface area (Å²) in [5.41, 5.74) is 9.08. The van der Waals surface area contributed by atoms with Crippen molar-refractivity contribution in [3.05, 3.63) is 89.5 Å². The summed E-state index contributed by atoms with van der Waals surface area (Å²) < 4.78 is 0. The number of likely N-dealkylation sites (N-methyl/N-ethyl adjacent to an activating group) is 1. The van der Waals surface area contributed by atoms with Crippen molar-refractivity contribution in [3.63, 3.8) is 0 Å². The minimum Gasteiger partial charge on any atom is -0.320 e. The zero-order valence-corrected chi connectivity index (χ0v) is 23.0. The number of anilines is 1. The molecule has 0 saturated heterocycles. The Bertz CT molecular complexity index is 1380. The summed E-state index contributed by atoms with van der Waals surface area (Å²) in [6.07, 6.45) is 6.01. The summed E-state index contributed by atoms with van der Waals surface area (Å²) in [4.78, 5) is 13.2. The van der Waals surface area contributed by atoms with Crippen molar-refractivity contribution >= 4 is 38.7 Å². The van der Waals surface area contributed by atoms with Crippen LogP contribution in [0.25, 0.3) is 31.4 Å². The van der Waals surface area contributed by atoms with Crippen LogP contribution in [0.5, 0.6) is 0 Å². The van der Waals surface area contributed by atoms with Crippen molar-refractivity contribution < 1.29 is 0 Å². The molecule has 0 aliphatic rings. The number of allylic oxidation sites excluding steroid dienone is 3. The first-order valence-corrected chi connectivity index (χ1v) is 13.7. The molecule has 5 nitrogen and oxygen atoms in total. The van der Waals surface area contributed by atoms with E-state index in [1.54, 1.807) is 22.7 Å². The van der Waals surface area contributed by atoms with Gasteiger partial charge in [-0.1, -0.05) is 49.6 Å². The Kier molecular flexibility index (Phi) is 8.36. The first-order valence-electron chi connectivity index (χ1n) is 12.0. The lowest BCUT2D eigenvalue weighted by atomic mass is 10.0. The third kappa shape index (κ3) is 5.75. The second-order valence-corrected chi connectivity index (χ2v) is 10.7. The molecule has 0 radical (unpaired) electrons. The SMILES string of the molecule is C=C/C(C)=C\C(=C)N(C)Nc1nc(-c2cccs2)nc2sc(-c3ccc(CCCNC)cc3)c(C)c12. The van der Waals surface area contributed by atoms with Crippen LogP contribution in [0.3, 0.4) is 0 Å². The van der Waals surface area contributed by atoms with Gasteiger partial charge in [0.1, 0.15) is 4.83 Å². The molecule has 0 unspecified atom stereocenters. The summed E-state index contributed by atoms with van der Waals surface area (Å²) in [6.45, 7) is 13.2. The van der Waals surface area contributed by atoms with Crippen molar-refractivity contribution in [1.29, 1.82) is 0 Å². The first-order chi connectivity index (χ1) is 17.4. The summed E-state index contributed by atoms with van der Waals surface area (Å²) in [5, 5.41) is 8.20. The Morgan fingerprint density at radius 1 is 1.17 bits per heavy atom. The van der Waals surface area contributed by atoms with Crippen molar-refractivity contribution in [2.24, 2.45) is 0 Å². The monoisotopic (exact) mass is 515 g/mol. The molecule has 186 valence electrons. The Labute approximate surface area is 221 Å². The standard InChI is InChI=1S/C29H33N5S2/c1-7-19(2)18-20(3)34(6)33-28-25-21(4)26(23-14-12-22(13-15-23)10-8-16-30-5)36-29(25)32-27(31-28)24-11-9-17-35-24/h7,9,11-15,17-18,30H,1,3,8,10,16H2,2,4-6H3,(H,31,32,33)/b19-18-. The Balaban J connectivity index is 1.74. The lowest BCUT2D eigenvalue weighted by Gasteiger charge is -2.22. The predicted molar refractivity (Wildman–Crippen MR) is 158 cm³/mol. The molecule has 0 spiro atoms. The zero-order chi connectivity index (χ0) is 25.7. The van der Waals surface area contributed by atoms with Gasteiger partial charge in [0.05, 0.1) is 10.3 Å². The maximum Gasteiger partial charge on any atom is 0.173 e. The van der Waals surface area contributed by atoms with E-state index in [-0.39, 0.29) is 0 Å². The number of benzene rings is 1. The molecule has 0 aliphatic heterocycles. The van der Waals surface area contributed by atoms with Gasteiger partial charge in [0.25, 0.3) is 0 Å². The van der Waals surface area contributed by atoms with E-state index >= 15 is 0 Å². The van der Waals surface area contributed by atoms with Gasteiger partial charge in [-0.2, -0.15) is 0 Å². The fourth-order valence-corrected chi connectivity index (χ4v) is 5.80. The highest BCUT2D eigenvalue weighted by Gasteiger charge is 2.19. The maximum absolute atomic E-state index is 4.97. The topological polar surface area (TPSA) is 53.1 Å². The molecule has 3 aromatic heterocycles.